The van der Waals surface area contributed by atoms with Gasteiger partial charge in [-0.15, -0.1) is 0 Å². The maximum atomic E-state index is 12.9. The van der Waals surface area contributed by atoms with Crippen molar-refractivity contribution in [1.82, 2.24) is 0 Å². The Labute approximate surface area is 164 Å². The summed E-state index contributed by atoms with van der Waals surface area (Å²) in [5.74, 6) is -0.309. The fourth-order valence-corrected chi connectivity index (χ4v) is 4.82. The molecule has 0 saturated carbocycles. The molecule has 1 saturated heterocycles. The van der Waals surface area contributed by atoms with Gasteiger partial charge in [-0.3, -0.25) is 18.8 Å². The number of carbonyl (C=O) groups is 2. The highest BCUT2D eigenvalue weighted by Crippen LogP contribution is 2.33. The molecule has 146 valence electrons. The fourth-order valence-electron chi connectivity index (χ4n) is 3.86. The molecular formula is C20H21N3O4S. The fraction of sp³-hybridized carbons (Fsp3) is 0.300. The minimum atomic E-state index is -3.31. The van der Waals surface area contributed by atoms with Gasteiger partial charge in [0.05, 0.1) is 11.9 Å². The van der Waals surface area contributed by atoms with E-state index in [4.69, 9.17) is 0 Å². The van der Waals surface area contributed by atoms with Crippen molar-refractivity contribution in [1.29, 1.82) is 0 Å². The van der Waals surface area contributed by atoms with Crippen LogP contribution in [0.25, 0.3) is 0 Å². The van der Waals surface area contributed by atoms with Crippen LogP contribution in [-0.4, -0.2) is 39.1 Å². The molecule has 1 unspecified atom stereocenters. The predicted molar refractivity (Wildman–Crippen MR) is 108 cm³/mol. The molecule has 0 aromatic heterocycles. The molecule has 2 aliphatic rings. The lowest BCUT2D eigenvalue weighted by molar-refractivity contribution is -0.120. The second kappa shape index (κ2) is 6.94. The van der Waals surface area contributed by atoms with Gasteiger partial charge in [0.25, 0.3) is 0 Å². The third-order valence-corrected chi connectivity index (χ3v) is 6.33. The van der Waals surface area contributed by atoms with E-state index in [1.54, 1.807) is 17.0 Å². The SMILES string of the molecule is CS(=O)(=O)N1CCc2cc(NC(=O)C3CCC(=O)N3c3ccccc3)ccc21. The first-order valence-corrected chi connectivity index (χ1v) is 11.0. The number of nitrogens with one attached hydrogen (secondary N) is 1. The van der Waals surface area contributed by atoms with Crippen LogP contribution in [-0.2, 0) is 26.0 Å². The number of amides is 2. The lowest BCUT2D eigenvalue weighted by Gasteiger charge is -2.24. The normalized spacial score (nSPS) is 19.0. The van der Waals surface area contributed by atoms with Crippen molar-refractivity contribution in [2.45, 2.75) is 25.3 Å². The van der Waals surface area contributed by atoms with Crippen molar-refractivity contribution in [3.8, 4) is 0 Å². The van der Waals surface area contributed by atoms with E-state index >= 15 is 0 Å². The Balaban J connectivity index is 1.54. The molecule has 1 fully saturated rings. The molecule has 0 aliphatic carbocycles. The van der Waals surface area contributed by atoms with E-state index in [-0.39, 0.29) is 11.8 Å². The van der Waals surface area contributed by atoms with E-state index in [1.165, 1.54) is 10.6 Å². The molecule has 4 rings (SSSR count). The average Bonchev–Trinajstić information content (AvgIpc) is 3.25. The summed E-state index contributed by atoms with van der Waals surface area (Å²) in [4.78, 5) is 26.7. The Bertz CT molecular complexity index is 1040. The topological polar surface area (TPSA) is 86.8 Å². The van der Waals surface area contributed by atoms with Crippen LogP contribution < -0.4 is 14.5 Å². The van der Waals surface area contributed by atoms with Gasteiger partial charge in [-0.2, -0.15) is 0 Å². The third-order valence-electron chi connectivity index (χ3n) is 5.15. The highest BCUT2D eigenvalue weighted by Gasteiger charge is 2.37. The van der Waals surface area contributed by atoms with Crippen LogP contribution in [0, 0.1) is 0 Å². The summed E-state index contributed by atoms with van der Waals surface area (Å²) in [7, 11) is -3.31. The second-order valence-electron chi connectivity index (χ2n) is 7.07. The Hall–Kier alpha value is -2.87. The molecule has 8 heteroatoms. The number of para-hydroxylation sites is 1. The largest absolute Gasteiger partial charge is 0.324 e. The maximum Gasteiger partial charge on any atom is 0.247 e. The second-order valence-corrected chi connectivity index (χ2v) is 8.98. The third kappa shape index (κ3) is 3.35. The average molecular weight is 399 g/mol. The predicted octanol–water partition coefficient (Wildman–Crippen LogP) is 2.14. The maximum absolute atomic E-state index is 12.9. The number of nitrogens with zero attached hydrogens (tertiary/aromatic N) is 2. The molecule has 2 heterocycles. The van der Waals surface area contributed by atoms with Gasteiger partial charge in [0.1, 0.15) is 6.04 Å². The van der Waals surface area contributed by atoms with Gasteiger partial charge in [-0.1, -0.05) is 18.2 Å². The Morgan fingerprint density at radius 3 is 2.57 bits per heavy atom. The zero-order valence-corrected chi connectivity index (χ0v) is 16.3. The zero-order chi connectivity index (χ0) is 19.9. The van der Waals surface area contributed by atoms with Crippen LogP contribution in [0.5, 0.6) is 0 Å². The Kier molecular flexibility index (Phi) is 4.58. The van der Waals surface area contributed by atoms with Crippen molar-refractivity contribution in [3.63, 3.8) is 0 Å². The first-order valence-electron chi connectivity index (χ1n) is 9.13. The van der Waals surface area contributed by atoms with Gasteiger partial charge in [0.2, 0.25) is 21.8 Å². The van der Waals surface area contributed by atoms with Crippen molar-refractivity contribution >= 4 is 38.9 Å². The van der Waals surface area contributed by atoms with Gasteiger partial charge >= 0.3 is 0 Å². The standard InChI is InChI=1S/C20H21N3O4S/c1-28(26,27)22-12-11-14-13-15(7-8-17(14)22)21-20(25)18-9-10-19(24)23(18)16-5-3-2-4-6-16/h2-8,13,18H,9-12H2,1H3,(H,21,25). The number of rotatable bonds is 4. The van der Waals surface area contributed by atoms with Gasteiger partial charge in [-0.05, 0) is 48.7 Å². The Morgan fingerprint density at radius 1 is 1.11 bits per heavy atom. The molecule has 7 nitrogen and oxygen atoms in total. The van der Waals surface area contributed by atoms with Crippen molar-refractivity contribution in [3.05, 3.63) is 54.1 Å². The van der Waals surface area contributed by atoms with Crippen LogP contribution in [0.3, 0.4) is 0 Å². The first-order chi connectivity index (χ1) is 13.3. The Morgan fingerprint density at radius 2 is 1.86 bits per heavy atom. The summed E-state index contributed by atoms with van der Waals surface area (Å²) in [6, 6.07) is 13.8. The van der Waals surface area contributed by atoms with Gasteiger partial charge < -0.3 is 5.32 Å². The lowest BCUT2D eigenvalue weighted by atomic mass is 10.1. The van der Waals surface area contributed by atoms with Crippen molar-refractivity contribution in [2.75, 3.05) is 27.3 Å². The van der Waals surface area contributed by atoms with E-state index in [0.29, 0.717) is 42.9 Å². The number of fused-ring (bicyclic) bond motifs is 1. The molecular weight excluding hydrogens is 378 g/mol. The van der Waals surface area contributed by atoms with Crippen LogP contribution >= 0.6 is 0 Å². The summed E-state index contributed by atoms with van der Waals surface area (Å²) in [5, 5.41) is 2.89. The summed E-state index contributed by atoms with van der Waals surface area (Å²) >= 11 is 0. The minimum absolute atomic E-state index is 0.0657. The van der Waals surface area contributed by atoms with Crippen molar-refractivity contribution in [2.24, 2.45) is 0 Å². The van der Waals surface area contributed by atoms with Crippen LogP contribution in [0.4, 0.5) is 17.1 Å². The molecule has 1 atom stereocenters. The number of hydrogen-bond donors (Lipinski definition) is 1. The molecule has 2 aliphatic heterocycles. The molecule has 1 N–H and O–H groups in total. The zero-order valence-electron chi connectivity index (χ0n) is 15.5. The monoisotopic (exact) mass is 399 g/mol. The number of benzene rings is 2. The molecule has 2 amide bonds. The highest BCUT2D eigenvalue weighted by molar-refractivity contribution is 7.92. The van der Waals surface area contributed by atoms with Crippen LogP contribution in [0.15, 0.2) is 48.5 Å². The van der Waals surface area contributed by atoms with Gasteiger partial charge in [0, 0.05) is 24.3 Å². The lowest BCUT2D eigenvalue weighted by Crippen LogP contribution is -2.41. The van der Waals surface area contributed by atoms with Gasteiger partial charge in [-0.25, -0.2) is 8.42 Å². The van der Waals surface area contributed by atoms with E-state index in [0.717, 1.165) is 5.56 Å². The van der Waals surface area contributed by atoms with Crippen molar-refractivity contribution < 1.29 is 18.0 Å². The van der Waals surface area contributed by atoms with E-state index in [1.807, 2.05) is 36.4 Å². The van der Waals surface area contributed by atoms with Crippen LogP contribution in [0.2, 0.25) is 0 Å². The van der Waals surface area contributed by atoms with Gasteiger partial charge in [0.15, 0.2) is 0 Å². The van der Waals surface area contributed by atoms with E-state index in [9.17, 15) is 18.0 Å². The highest BCUT2D eigenvalue weighted by atomic mass is 32.2. The number of sulfonamides is 1. The minimum Gasteiger partial charge on any atom is -0.324 e. The molecule has 0 bridgehead atoms. The quantitative estimate of drug-likeness (QED) is 0.853. The number of hydrogen-bond acceptors (Lipinski definition) is 4. The van der Waals surface area contributed by atoms with Crippen LogP contribution in [0.1, 0.15) is 18.4 Å². The number of anilines is 3. The molecule has 2 aromatic rings. The van der Waals surface area contributed by atoms with E-state index in [2.05, 4.69) is 5.32 Å². The molecule has 28 heavy (non-hydrogen) atoms. The summed E-state index contributed by atoms with van der Waals surface area (Å²) < 4.78 is 25.1. The smallest absolute Gasteiger partial charge is 0.247 e. The van der Waals surface area contributed by atoms with E-state index < -0.39 is 16.1 Å². The summed E-state index contributed by atoms with van der Waals surface area (Å²) in [6.45, 7) is 0.407. The molecule has 0 radical (unpaired) electrons. The summed E-state index contributed by atoms with van der Waals surface area (Å²) in [5.41, 5.74) is 2.85. The number of carbonyl (C=O) groups excluding carboxylic acids is 2. The summed E-state index contributed by atoms with van der Waals surface area (Å²) in [6.07, 6.45) is 2.59. The molecule has 0 spiro atoms. The molecule has 2 aromatic carbocycles. The first kappa shape index (κ1) is 18.5.